The summed E-state index contributed by atoms with van der Waals surface area (Å²) < 4.78 is 5.07. The van der Waals surface area contributed by atoms with Gasteiger partial charge in [-0.2, -0.15) is 0 Å². The highest BCUT2D eigenvalue weighted by Gasteiger charge is 2.29. The van der Waals surface area contributed by atoms with Gasteiger partial charge in [0.25, 0.3) is 5.91 Å². The summed E-state index contributed by atoms with van der Waals surface area (Å²) in [6.07, 6.45) is 0.554. The van der Waals surface area contributed by atoms with Gasteiger partial charge in [-0.3, -0.25) is 9.78 Å². The van der Waals surface area contributed by atoms with Crippen molar-refractivity contribution < 1.29 is 19.4 Å². The Kier molecular flexibility index (Phi) is 4.08. The lowest BCUT2D eigenvalue weighted by molar-refractivity contribution is -0.154. The zero-order valence-corrected chi connectivity index (χ0v) is 10.3. The van der Waals surface area contributed by atoms with E-state index in [1.165, 1.54) is 11.1 Å². The molecule has 1 aliphatic rings. The predicted octanol–water partition coefficient (Wildman–Crippen LogP) is -0.534. The number of carbonyl (C=O) groups excluding carboxylic acids is 1. The van der Waals surface area contributed by atoms with Crippen molar-refractivity contribution in [2.24, 2.45) is 5.73 Å². The molecule has 1 atom stereocenters. The van der Waals surface area contributed by atoms with E-state index in [2.05, 4.69) is 4.98 Å². The first kappa shape index (κ1) is 13.4. The minimum atomic E-state index is -1.06. The molecule has 1 saturated heterocycles. The molecule has 1 aromatic rings. The van der Waals surface area contributed by atoms with E-state index in [-0.39, 0.29) is 25.6 Å². The molecule has 2 heterocycles. The molecule has 7 nitrogen and oxygen atoms in total. The van der Waals surface area contributed by atoms with Crippen molar-refractivity contribution in [1.82, 2.24) is 9.88 Å². The zero-order chi connectivity index (χ0) is 13.8. The van der Waals surface area contributed by atoms with Gasteiger partial charge in [-0.15, -0.1) is 0 Å². The summed E-state index contributed by atoms with van der Waals surface area (Å²) in [6, 6.07) is 3.21. The maximum atomic E-state index is 12.2. The third-order valence-electron chi connectivity index (χ3n) is 2.90. The fourth-order valence-electron chi connectivity index (χ4n) is 1.89. The number of rotatable bonds is 3. The Hall–Kier alpha value is -1.99. The number of nitrogens with zero attached hydrogens (tertiary/aromatic N) is 2. The summed E-state index contributed by atoms with van der Waals surface area (Å²) in [5, 5.41) is 8.90. The van der Waals surface area contributed by atoms with E-state index in [9.17, 15) is 9.59 Å². The second kappa shape index (κ2) is 5.77. The molecule has 0 radical (unpaired) electrons. The zero-order valence-electron chi connectivity index (χ0n) is 10.3. The topological polar surface area (TPSA) is 106 Å². The molecular formula is C12H15N3O4. The van der Waals surface area contributed by atoms with Gasteiger partial charge in [0.15, 0.2) is 6.10 Å². The molecule has 7 heteroatoms. The number of pyridine rings is 1. The van der Waals surface area contributed by atoms with Gasteiger partial charge in [-0.1, -0.05) is 0 Å². The Labute approximate surface area is 110 Å². The number of carboxylic acid groups (broad SMARTS) is 1. The molecule has 0 spiro atoms. The summed E-state index contributed by atoms with van der Waals surface area (Å²) in [7, 11) is 0. The largest absolute Gasteiger partial charge is 0.479 e. The van der Waals surface area contributed by atoms with Gasteiger partial charge in [0.05, 0.1) is 18.8 Å². The number of hydrogen-bond donors (Lipinski definition) is 2. The lowest BCUT2D eigenvalue weighted by Gasteiger charge is -2.30. The van der Waals surface area contributed by atoms with Crippen LogP contribution in [0.2, 0.25) is 0 Å². The Bertz CT molecular complexity index is 492. The molecule has 0 bridgehead atoms. The van der Waals surface area contributed by atoms with Crippen molar-refractivity contribution in [1.29, 1.82) is 0 Å². The molecule has 1 amide bonds. The number of aliphatic carboxylic acids is 1. The van der Waals surface area contributed by atoms with Gasteiger partial charge in [-0.25, -0.2) is 4.79 Å². The first-order valence-electron chi connectivity index (χ1n) is 5.90. The van der Waals surface area contributed by atoms with Crippen molar-refractivity contribution in [2.45, 2.75) is 12.6 Å². The van der Waals surface area contributed by atoms with Crippen LogP contribution >= 0.6 is 0 Å². The van der Waals surface area contributed by atoms with E-state index in [4.69, 9.17) is 15.6 Å². The van der Waals surface area contributed by atoms with E-state index < -0.39 is 12.1 Å². The predicted molar refractivity (Wildman–Crippen MR) is 65.4 cm³/mol. The van der Waals surface area contributed by atoms with Crippen molar-refractivity contribution in [3.8, 4) is 0 Å². The quantitative estimate of drug-likeness (QED) is 0.760. The van der Waals surface area contributed by atoms with Gasteiger partial charge >= 0.3 is 5.97 Å². The normalized spacial score (nSPS) is 19.2. The van der Waals surface area contributed by atoms with Gasteiger partial charge in [-0.05, 0) is 12.1 Å². The number of nitrogens with two attached hydrogens (primary N) is 1. The number of aromatic nitrogens is 1. The summed E-state index contributed by atoms with van der Waals surface area (Å²) in [6.45, 7) is 0.900. The monoisotopic (exact) mass is 265 g/mol. The van der Waals surface area contributed by atoms with Crippen LogP contribution in [0.1, 0.15) is 16.1 Å². The molecule has 1 fully saturated rings. The van der Waals surface area contributed by atoms with Gasteiger partial charge in [0.2, 0.25) is 0 Å². The van der Waals surface area contributed by atoms with E-state index in [1.807, 2.05) is 0 Å². The van der Waals surface area contributed by atoms with Crippen LogP contribution in [0.5, 0.6) is 0 Å². The number of carbonyl (C=O) groups is 2. The fourth-order valence-corrected chi connectivity index (χ4v) is 1.89. The first-order chi connectivity index (χ1) is 9.11. The van der Waals surface area contributed by atoms with Crippen molar-refractivity contribution in [3.05, 3.63) is 29.6 Å². The van der Waals surface area contributed by atoms with Crippen molar-refractivity contribution in [3.63, 3.8) is 0 Å². The minimum absolute atomic E-state index is 0.0500. The number of ether oxygens (including phenoxy) is 1. The first-order valence-corrected chi connectivity index (χ1v) is 5.90. The fraction of sp³-hybridized carbons (Fsp3) is 0.417. The summed E-state index contributed by atoms with van der Waals surface area (Å²) >= 11 is 0. The number of carboxylic acids is 1. The molecule has 0 aliphatic carbocycles. The van der Waals surface area contributed by atoms with Gasteiger partial charge in [0, 0.05) is 24.8 Å². The van der Waals surface area contributed by atoms with Crippen LogP contribution in [0.3, 0.4) is 0 Å². The minimum Gasteiger partial charge on any atom is -0.479 e. The Balaban J connectivity index is 2.12. The van der Waals surface area contributed by atoms with Crippen LogP contribution in [-0.4, -0.2) is 52.7 Å². The molecule has 1 aromatic heterocycles. The van der Waals surface area contributed by atoms with Crippen LogP contribution in [0.4, 0.5) is 0 Å². The molecule has 102 valence electrons. The molecule has 1 aliphatic heterocycles. The molecular weight excluding hydrogens is 250 g/mol. The van der Waals surface area contributed by atoms with Gasteiger partial charge < -0.3 is 20.5 Å². The van der Waals surface area contributed by atoms with Crippen LogP contribution in [0, 0.1) is 0 Å². The van der Waals surface area contributed by atoms with E-state index in [1.54, 1.807) is 12.1 Å². The second-order valence-corrected chi connectivity index (χ2v) is 4.19. The summed E-state index contributed by atoms with van der Waals surface area (Å²) in [5.41, 5.74) is 6.55. The molecule has 19 heavy (non-hydrogen) atoms. The Morgan fingerprint density at radius 2 is 2.37 bits per heavy atom. The third-order valence-corrected chi connectivity index (χ3v) is 2.90. The lowest BCUT2D eigenvalue weighted by Crippen LogP contribution is -2.48. The van der Waals surface area contributed by atoms with E-state index in [0.29, 0.717) is 17.8 Å². The van der Waals surface area contributed by atoms with Crippen molar-refractivity contribution >= 4 is 11.9 Å². The van der Waals surface area contributed by atoms with E-state index in [0.717, 1.165) is 0 Å². The average Bonchev–Trinajstić information content (AvgIpc) is 2.46. The highest BCUT2D eigenvalue weighted by atomic mass is 16.5. The SMILES string of the molecule is NCc1cc(C(=O)N2CCOC(C(=O)O)C2)ccn1. The molecule has 3 N–H and O–H groups in total. The van der Waals surface area contributed by atoms with Crippen LogP contribution in [0.25, 0.3) is 0 Å². The Morgan fingerprint density at radius 1 is 1.58 bits per heavy atom. The van der Waals surface area contributed by atoms with E-state index >= 15 is 0 Å². The highest BCUT2D eigenvalue weighted by Crippen LogP contribution is 2.11. The van der Waals surface area contributed by atoms with Gasteiger partial charge in [0.1, 0.15) is 0 Å². The van der Waals surface area contributed by atoms with Crippen LogP contribution in [0.15, 0.2) is 18.3 Å². The Morgan fingerprint density at radius 3 is 3.05 bits per heavy atom. The molecule has 2 rings (SSSR count). The maximum absolute atomic E-state index is 12.2. The maximum Gasteiger partial charge on any atom is 0.334 e. The third kappa shape index (κ3) is 3.07. The van der Waals surface area contributed by atoms with Crippen LogP contribution < -0.4 is 5.73 Å². The van der Waals surface area contributed by atoms with Crippen LogP contribution in [-0.2, 0) is 16.1 Å². The molecule has 0 saturated carbocycles. The van der Waals surface area contributed by atoms with Crippen molar-refractivity contribution in [2.75, 3.05) is 19.7 Å². The standard InChI is InChI=1S/C12H15N3O4/c13-6-9-5-8(1-2-14-9)11(16)15-3-4-19-10(7-15)12(17)18/h1-2,5,10H,3-4,6-7,13H2,(H,17,18). The second-order valence-electron chi connectivity index (χ2n) is 4.19. The smallest absolute Gasteiger partial charge is 0.334 e. The highest BCUT2D eigenvalue weighted by molar-refractivity contribution is 5.94. The number of hydrogen-bond acceptors (Lipinski definition) is 5. The summed E-state index contributed by atoms with van der Waals surface area (Å²) in [5.74, 6) is -1.29. The number of morpholine rings is 1. The molecule has 1 unspecified atom stereocenters. The lowest BCUT2D eigenvalue weighted by atomic mass is 10.1. The average molecular weight is 265 g/mol. The molecule has 0 aromatic carbocycles. The number of amides is 1. The summed E-state index contributed by atoms with van der Waals surface area (Å²) in [4.78, 5) is 28.6.